The second-order valence-electron chi connectivity index (χ2n) is 6.79. The Bertz CT molecular complexity index is 933. The lowest BCUT2D eigenvalue weighted by Gasteiger charge is -2.12. The van der Waals surface area contributed by atoms with Gasteiger partial charge in [0, 0.05) is 13.1 Å². The number of aryl methyl sites for hydroxylation is 1. The van der Waals surface area contributed by atoms with Gasteiger partial charge in [0.1, 0.15) is 18.1 Å². The molecule has 152 valence electrons. The number of hydrogen-bond donors (Lipinski definition) is 3. The molecule has 2 aromatic carbocycles. The average molecular weight is 392 g/mol. The predicted molar refractivity (Wildman–Crippen MR) is 118 cm³/mol. The highest BCUT2D eigenvalue weighted by Gasteiger charge is 2.04. The van der Waals surface area contributed by atoms with Crippen LogP contribution in [0, 0.1) is 6.92 Å². The molecule has 0 radical (unpaired) electrons. The Morgan fingerprint density at radius 1 is 1.14 bits per heavy atom. The molecule has 6 nitrogen and oxygen atoms in total. The summed E-state index contributed by atoms with van der Waals surface area (Å²) < 4.78 is 5.41. The number of ether oxygens (including phenoxy) is 1. The van der Waals surface area contributed by atoms with Gasteiger partial charge in [0.2, 0.25) is 0 Å². The minimum Gasteiger partial charge on any atom is -0.496 e. The minimum atomic E-state index is 0.487. The number of imidazole rings is 1. The number of rotatable bonds is 8. The lowest BCUT2D eigenvalue weighted by molar-refractivity contribution is 0.411. The number of hydrogen-bond acceptors (Lipinski definition) is 3. The molecule has 0 atom stereocenters. The van der Waals surface area contributed by atoms with E-state index in [1.807, 2.05) is 24.4 Å². The zero-order valence-corrected chi connectivity index (χ0v) is 17.3. The van der Waals surface area contributed by atoms with Gasteiger partial charge in [0.05, 0.1) is 19.0 Å². The Hall–Kier alpha value is -3.28. The Kier molecular flexibility index (Phi) is 7.28. The van der Waals surface area contributed by atoms with Crippen LogP contribution in [0.2, 0.25) is 0 Å². The zero-order chi connectivity index (χ0) is 20.5. The first-order valence-electron chi connectivity index (χ1n) is 9.94. The van der Waals surface area contributed by atoms with Gasteiger partial charge in [-0.3, -0.25) is 0 Å². The number of nitrogens with one attached hydrogen (secondary N) is 3. The minimum absolute atomic E-state index is 0.487. The molecule has 0 amide bonds. The fraction of sp³-hybridized carbons (Fsp3) is 0.304. The maximum absolute atomic E-state index is 5.41. The summed E-state index contributed by atoms with van der Waals surface area (Å²) in [4.78, 5) is 12.4. The fourth-order valence-electron chi connectivity index (χ4n) is 3.05. The Morgan fingerprint density at radius 3 is 2.72 bits per heavy atom. The molecule has 0 bridgehead atoms. The molecule has 6 heteroatoms. The molecule has 0 aliphatic heterocycles. The summed E-state index contributed by atoms with van der Waals surface area (Å²) in [7, 11) is 1.71. The molecular weight excluding hydrogens is 362 g/mol. The third-order valence-electron chi connectivity index (χ3n) is 4.62. The maximum atomic E-state index is 5.41. The third-order valence-corrected chi connectivity index (χ3v) is 4.62. The van der Waals surface area contributed by atoms with Crippen molar-refractivity contribution in [3.8, 4) is 17.0 Å². The van der Waals surface area contributed by atoms with Crippen LogP contribution in [0.15, 0.2) is 59.7 Å². The van der Waals surface area contributed by atoms with E-state index >= 15 is 0 Å². The first-order chi connectivity index (χ1) is 14.2. The topological polar surface area (TPSA) is 74.3 Å². The van der Waals surface area contributed by atoms with E-state index in [-0.39, 0.29) is 0 Å². The first kappa shape index (κ1) is 20.5. The Balaban J connectivity index is 1.57. The number of aliphatic imine (C=N–C) groups is 1. The quantitative estimate of drug-likeness (QED) is 0.404. The third kappa shape index (κ3) is 5.85. The van der Waals surface area contributed by atoms with E-state index < -0.39 is 0 Å². The molecule has 0 aliphatic rings. The molecule has 3 rings (SSSR count). The van der Waals surface area contributed by atoms with Crippen LogP contribution in [0.5, 0.6) is 5.75 Å². The highest BCUT2D eigenvalue weighted by atomic mass is 16.5. The number of nitrogens with zero attached hydrogens (tertiary/aromatic N) is 2. The second-order valence-corrected chi connectivity index (χ2v) is 6.79. The van der Waals surface area contributed by atoms with Crippen LogP contribution in [-0.4, -0.2) is 36.1 Å². The summed E-state index contributed by atoms with van der Waals surface area (Å²) in [6.45, 7) is 6.18. The number of aromatic amines is 1. The Labute approximate surface area is 172 Å². The normalized spacial score (nSPS) is 11.3. The number of aromatic nitrogens is 2. The maximum Gasteiger partial charge on any atom is 0.191 e. The van der Waals surface area contributed by atoms with Gasteiger partial charge in [0.25, 0.3) is 0 Å². The van der Waals surface area contributed by atoms with Crippen molar-refractivity contribution in [3.63, 3.8) is 0 Å². The van der Waals surface area contributed by atoms with E-state index in [0.29, 0.717) is 6.54 Å². The lowest BCUT2D eigenvalue weighted by atomic mass is 10.1. The van der Waals surface area contributed by atoms with Crippen molar-refractivity contribution in [2.24, 2.45) is 4.99 Å². The van der Waals surface area contributed by atoms with Crippen molar-refractivity contribution in [1.82, 2.24) is 20.6 Å². The van der Waals surface area contributed by atoms with Crippen LogP contribution in [0.4, 0.5) is 0 Å². The average Bonchev–Trinajstić information content (AvgIpc) is 3.23. The number of methoxy groups -OCH3 is 1. The molecule has 1 heterocycles. The van der Waals surface area contributed by atoms with Gasteiger partial charge >= 0.3 is 0 Å². The van der Waals surface area contributed by atoms with Gasteiger partial charge in [-0.15, -0.1) is 0 Å². The molecule has 29 heavy (non-hydrogen) atoms. The smallest absolute Gasteiger partial charge is 0.191 e. The van der Waals surface area contributed by atoms with Crippen molar-refractivity contribution in [2.75, 3.05) is 20.2 Å². The highest BCUT2D eigenvalue weighted by Crippen LogP contribution is 2.19. The molecule has 3 N–H and O–H groups in total. The lowest BCUT2D eigenvalue weighted by Crippen LogP contribution is -2.38. The SMILES string of the molecule is CCNC(=NCc1ncc(-c2ccccc2)[nH]1)NCCc1ccc(C)c(OC)c1. The number of benzene rings is 2. The van der Waals surface area contributed by atoms with Crippen LogP contribution < -0.4 is 15.4 Å². The van der Waals surface area contributed by atoms with Gasteiger partial charge in [-0.05, 0) is 43.0 Å². The summed E-state index contributed by atoms with van der Waals surface area (Å²) in [6, 6.07) is 16.5. The van der Waals surface area contributed by atoms with E-state index in [2.05, 4.69) is 69.8 Å². The van der Waals surface area contributed by atoms with Crippen LogP contribution >= 0.6 is 0 Å². The molecule has 3 aromatic rings. The molecule has 0 unspecified atom stereocenters. The number of guanidine groups is 1. The Morgan fingerprint density at radius 2 is 1.97 bits per heavy atom. The first-order valence-corrected chi connectivity index (χ1v) is 9.94. The molecule has 0 saturated carbocycles. The van der Waals surface area contributed by atoms with Gasteiger partial charge in [-0.25, -0.2) is 9.98 Å². The van der Waals surface area contributed by atoms with Crippen molar-refractivity contribution in [3.05, 3.63) is 71.7 Å². The van der Waals surface area contributed by atoms with Crippen LogP contribution in [0.3, 0.4) is 0 Å². The molecule has 0 saturated heterocycles. The van der Waals surface area contributed by atoms with Crippen LogP contribution in [0.1, 0.15) is 23.9 Å². The van der Waals surface area contributed by atoms with Crippen molar-refractivity contribution < 1.29 is 4.74 Å². The summed E-state index contributed by atoms with van der Waals surface area (Å²) in [5.74, 6) is 2.55. The van der Waals surface area contributed by atoms with E-state index in [0.717, 1.165) is 53.9 Å². The fourth-order valence-corrected chi connectivity index (χ4v) is 3.05. The summed E-state index contributed by atoms with van der Waals surface area (Å²) in [5.41, 5.74) is 4.50. The van der Waals surface area contributed by atoms with Crippen molar-refractivity contribution >= 4 is 5.96 Å². The van der Waals surface area contributed by atoms with Crippen molar-refractivity contribution in [1.29, 1.82) is 0 Å². The van der Waals surface area contributed by atoms with E-state index in [4.69, 9.17) is 4.74 Å². The number of H-pyrrole nitrogens is 1. The predicted octanol–water partition coefficient (Wildman–Crippen LogP) is 3.69. The van der Waals surface area contributed by atoms with Crippen molar-refractivity contribution in [2.45, 2.75) is 26.8 Å². The molecule has 0 spiro atoms. The van der Waals surface area contributed by atoms with Gasteiger partial charge in [0.15, 0.2) is 5.96 Å². The van der Waals surface area contributed by atoms with Gasteiger partial charge in [-0.1, -0.05) is 42.5 Å². The van der Waals surface area contributed by atoms with E-state index in [1.165, 1.54) is 5.56 Å². The van der Waals surface area contributed by atoms with E-state index in [1.54, 1.807) is 7.11 Å². The highest BCUT2D eigenvalue weighted by molar-refractivity contribution is 5.79. The molecule has 0 aliphatic carbocycles. The monoisotopic (exact) mass is 391 g/mol. The summed E-state index contributed by atoms with van der Waals surface area (Å²) in [6.07, 6.45) is 2.74. The zero-order valence-electron chi connectivity index (χ0n) is 17.3. The van der Waals surface area contributed by atoms with E-state index in [9.17, 15) is 0 Å². The second kappa shape index (κ2) is 10.3. The molecule has 0 fully saturated rings. The standard InChI is InChI=1S/C23H29N5O/c1-4-24-23(25-13-12-18-11-10-17(2)21(14-18)29-3)27-16-22-26-15-20(28-22)19-8-6-5-7-9-19/h5-11,14-15H,4,12-13,16H2,1-3H3,(H,26,28)(H2,24,25,27). The van der Waals surface area contributed by atoms with Gasteiger partial charge in [-0.2, -0.15) is 0 Å². The van der Waals surface area contributed by atoms with Crippen LogP contribution in [-0.2, 0) is 13.0 Å². The molecular formula is C23H29N5O. The summed E-state index contributed by atoms with van der Waals surface area (Å²) >= 11 is 0. The van der Waals surface area contributed by atoms with Gasteiger partial charge < -0.3 is 20.4 Å². The van der Waals surface area contributed by atoms with Crippen LogP contribution in [0.25, 0.3) is 11.3 Å². The molecule has 1 aromatic heterocycles. The largest absolute Gasteiger partial charge is 0.496 e. The summed E-state index contributed by atoms with van der Waals surface area (Å²) in [5, 5.41) is 6.67.